The fourth-order valence-corrected chi connectivity index (χ4v) is 4.36. The van der Waals surface area contributed by atoms with Gasteiger partial charge in [-0.2, -0.15) is 0 Å². The molecule has 4 rings (SSSR count). The minimum Gasteiger partial charge on any atom is -0.323 e. The minimum atomic E-state index is -0.701. The molecule has 2 aromatic rings. The van der Waals surface area contributed by atoms with Gasteiger partial charge in [0.25, 0.3) is 11.5 Å². The number of H-pyrrole nitrogens is 1. The van der Waals surface area contributed by atoms with E-state index >= 15 is 0 Å². The maximum atomic E-state index is 12.7. The van der Waals surface area contributed by atoms with Crippen molar-refractivity contribution < 1.29 is 9.59 Å². The molecule has 2 fully saturated rings. The lowest BCUT2D eigenvalue weighted by Crippen LogP contribution is -2.48. The number of imide groups is 1. The third-order valence-electron chi connectivity index (χ3n) is 4.89. The Balaban J connectivity index is 1.51. The second-order valence-corrected chi connectivity index (χ2v) is 7.34. The second kappa shape index (κ2) is 5.70. The van der Waals surface area contributed by atoms with Gasteiger partial charge in [0.15, 0.2) is 0 Å². The summed E-state index contributed by atoms with van der Waals surface area (Å²) in [6.45, 7) is 0.227. The van der Waals surface area contributed by atoms with Gasteiger partial charge >= 0.3 is 6.03 Å². The Bertz CT molecular complexity index is 866. The van der Waals surface area contributed by atoms with E-state index in [9.17, 15) is 14.4 Å². The van der Waals surface area contributed by atoms with E-state index in [2.05, 4.69) is 15.3 Å². The molecule has 8 heteroatoms. The zero-order valence-electron chi connectivity index (χ0n) is 13.1. The third kappa shape index (κ3) is 2.41. The van der Waals surface area contributed by atoms with Gasteiger partial charge < -0.3 is 10.3 Å². The van der Waals surface area contributed by atoms with Crippen LogP contribution in [0.2, 0.25) is 0 Å². The van der Waals surface area contributed by atoms with Crippen LogP contribution in [0.25, 0.3) is 10.2 Å². The van der Waals surface area contributed by atoms with Crippen LogP contribution < -0.4 is 10.9 Å². The van der Waals surface area contributed by atoms with E-state index in [1.165, 1.54) is 16.2 Å². The summed E-state index contributed by atoms with van der Waals surface area (Å²) in [5, 5.41) is 4.71. The van der Waals surface area contributed by atoms with Gasteiger partial charge in [-0.15, -0.1) is 11.3 Å². The molecule has 1 saturated carbocycles. The lowest BCUT2D eigenvalue weighted by atomic mass is 9.82. The number of nitrogens with one attached hydrogen (secondary N) is 2. The van der Waals surface area contributed by atoms with Crippen molar-refractivity contribution in [3.8, 4) is 0 Å². The first-order chi connectivity index (χ1) is 11.6. The number of urea groups is 1. The van der Waals surface area contributed by atoms with Crippen molar-refractivity contribution in [2.45, 2.75) is 44.1 Å². The van der Waals surface area contributed by atoms with Crippen molar-refractivity contribution in [1.29, 1.82) is 0 Å². The first-order valence-corrected chi connectivity index (χ1v) is 9.08. The summed E-state index contributed by atoms with van der Waals surface area (Å²) in [5.41, 5.74) is -0.223. The molecule has 126 valence electrons. The van der Waals surface area contributed by atoms with E-state index in [0.29, 0.717) is 35.3 Å². The maximum absolute atomic E-state index is 12.7. The van der Waals surface area contributed by atoms with Crippen LogP contribution in [0.3, 0.4) is 0 Å². The van der Waals surface area contributed by atoms with Crippen LogP contribution in [0.15, 0.2) is 16.2 Å². The molecular formula is C16H18N4O3S. The molecule has 2 aromatic heterocycles. The Morgan fingerprint density at radius 3 is 2.79 bits per heavy atom. The Morgan fingerprint density at radius 2 is 2.00 bits per heavy atom. The third-order valence-corrected chi connectivity index (χ3v) is 5.79. The molecular weight excluding hydrogens is 328 g/mol. The number of fused-ring (bicyclic) bond motifs is 1. The molecule has 2 aliphatic rings. The van der Waals surface area contributed by atoms with E-state index in [0.717, 1.165) is 19.3 Å². The van der Waals surface area contributed by atoms with Gasteiger partial charge in [0.05, 0.1) is 5.52 Å². The van der Waals surface area contributed by atoms with Crippen LogP contribution in [-0.4, -0.2) is 38.9 Å². The van der Waals surface area contributed by atoms with Gasteiger partial charge in [0, 0.05) is 13.0 Å². The smallest absolute Gasteiger partial charge is 0.323 e. The molecule has 7 nitrogen and oxygen atoms in total. The van der Waals surface area contributed by atoms with E-state index in [1.54, 1.807) is 6.07 Å². The molecule has 0 unspecified atom stereocenters. The van der Waals surface area contributed by atoms with Crippen molar-refractivity contribution >= 4 is 33.5 Å². The fraction of sp³-hybridized carbons (Fsp3) is 0.500. The van der Waals surface area contributed by atoms with E-state index in [1.807, 2.05) is 5.38 Å². The molecule has 3 amide bonds. The van der Waals surface area contributed by atoms with Crippen molar-refractivity contribution in [2.24, 2.45) is 0 Å². The molecule has 0 atom stereocenters. The Morgan fingerprint density at radius 1 is 1.21 bits per heavy atom. The standard InChI is InChI=1S/C16H18N4O3S/c21-13-12-10(5-9-24-12)17-11(18-13)4-8-20-14(22)16(19-15(20)23)6-2-1-3-7-16/h5,9H,1-4,6-8H2,(H,19,23)(H,17,18,21). The van der Waals surface area contributed by atoms with Gasteiger partial charge in [-0.25, -0.2) is 9.78 Å². The van der Waals surface area contributed by atoms with Gasteiger partial charge in [0.1, 0.15) is 16.1 Å². The average Bonchev–Trinajstić information content (AvgIpc) is 3.12. The van der Waals surface area contributed by atoms with E-state index in [4.69, 9.17) is 0 Å². The molecule has 1 aliphatic heterocycles. The number of nitrogens with zero attached hydrogens (tertiary/aromatic N) is 2. The number of thiophene rings is 1. The second-order valence-electron chi connectivity index (χ2n) is 6.43. The topological polar surface area (TPSA) is 95.2 Å². The number of aromatic amines is 1. The van der Waals surface area contributed by atoms with E-state index in [-0.39, 0.29) is 24.0 Å². The summed E-state index contributed by atoms with van der Waals surface area (Å²) >= 11 is 1.35. The first kappa shape index (κ1) is 15.3. The molecule has 24 heavy (non-hydrogen) atoms. The van der Waals surface area contributed by atoms with Gasteiger partial charge in [-0.05, 0) is 24.3 Å². The maximum Gasteiger partial charge on any atom is 0.325 e. The zero-order valence-corrected chi connectivity index (χ0v) is 13.9. The van der Waals surface area contributed by atoms with Crippen LogP contribution in [-0.2, 0) is 11.2 Å². The summed E-state index contributed by atoms with van der Waals surface area (Å²) in [6, 6.07) is 1.46. The zero-order chi connectivity index (χ0) is 16.7. The predicted molar refractivity (Wildman–Crippen MR) is 90.0 cm³/mol. The lowest BCUT2D eigenvalue weighted by Gasteiger charge is -2.30. The van der Waals surface area contributed by atoms with Crippen molar-refractivity contribution in [1.82, 2.24) is 20.2 Å². The quantitative estimate of drug-likeness (QED) is 0.828. The monoisotopic (exact) mass is 346 g/mol. The van der Waals surface area contributed by atoms with Crippen LogP contribution in [0.1, 0.15) is 37.9 Å². The van der Waals surface area contributed by atoms with Crippen molar-refractivity contribution in [2.75, 3.05) is 6.54 Å². The van der Waals surface area contributed by atoms with Crippen molar-refractivity contribution in [3.63, 3.8) is 0 Å². The molecule has 3 heterocycles. The average molecular weight is 346 g/mol. The molecule has 0 bridgehead atoms. The fourth-order valence-electron chi connectivity index (χ4n) is 3.63. The van der Waals surface area contributed by atoms with E-state index < -0.39 is 5.54 Å². The minimum absolute atomic E-state index is 0.133. The Labute approximate surface area is 142 Å². The highest BCUT2D eigenvalue weighted by atomic mass is 32.1. The van der Waals surface area contributed by atoms with Gasteiger partial charge in [-0.3, -0.25) is 14.5 Å². The SMILES string of the molecule is O=C1NC2(CCCCC2)C(=O)N1CCc1nc2ccsc2c(=O)[nH]1. The molecule has 1 saturated heterocycles. The number of rotatable bonds is 3. The number of aromatic nitrogens is 2. The largest absolute Gasteiger partial charge is 0.325 e. The van der Waals surface area contributed by atoms with Crippen LogP contribution in [0.4, 0.5) is 4.79 Å². The summed E-state index contributed by atoms with van der Waals surface area (Å²) < 4.78 is 0.593. The highest BCUT2D eigenvalue weighted by Gasteiger charge is 2.50. The number of amides is 3. The number of carbonyl (C=O) groups excluding carboxylic acids is 2. The van der Waals surface area contributed by atoms with Crippen LogP contribution >= 0.6 is 11.3 Å². The number of hydrogen-bond donors (Lipinski definition) is 2. The Hall–Kier alpha value is -2.22. The first-order valence-electron chi connectivity index (χ1n) is 8.20. The molecule has 2 N–H and O–H groups in total. The van der Waals surface area contributed by atoms with Crippen LogP contribution in [0.5, 0.6) is 0 Å². The van der Waals surface area contributed by atoms with Gasteiger partial charge in [-0.1, -0.05) is 19.3 Å². The Kier molecular flexibility index (Phi) is 3.64. The summed E-state index contributed by atoms with van der Waals surface area (Å²) in [7, 11) is 0. The number of carbonyl (C=O) groups is 2. The summed E-state index contributed by atoms with van der Waals surface area (Å²) in [6.07, 6.45) is 4.80. The predicted octanol–water partition coefficient (Wildman–Crippen LogP) is 1.78. The molecule has 0 aromatic carbocycles. The highest BCUT2D eigenvalue weighted by molar-refractivity contribution is 7.17. The highest BCUT2D eigenvalue weighted by Crippen LogP contribution is 2.33. The summed E-state index contributed by atoms with van der Waals surface area (Å²) in [4.78, 5) is 45.3. The van der Waals surface area contributed by atoms with Crippen LogP contribution in [0, 0.1) is 0 Å². The molecule has 0 radical (unpaired) electrons. The summed E-state index contributed by atoms with van der Waals surface area (Å²) in [5.74, 6) is 0.363. The normalized spacial score (nSPS) is 20.1. The van der Waals surface area contributed by atoms with Crippen molar-refractivity contribution in [3.05, 3.63) is 27.6 Å². The molecule has 1 aliphatic carbocycles. The lowest BCUT2D eigenvalue weighted by molar-refractivity contribution is -0.132. The number of hydrogen-bond acceptors (Lipinski definition) is 5. The molecule has 1 spiro atoms. The van der Waals surface area contributed by atoms with Gasteiger partial charge in [0.2, 0.25) is 0 Å².